The molecule has 7 heteroatoms. The van der Waals surface area contributed by atoms with Crippen molar-refractivity contribution in [1.29, 1.82) is 0 Å². The minimum Gasteiger partial charge on any atom is -0.497 e. The first kappa shape index (κ1) is 19.6. The standard InChI is InChI=1S/C23H22N4O3/c1-30-19-4-2-3-17(12-19)20(8-10-28)26-23(29)22-13-16(7-9-24-22)15-5-6-21-18(11-15)14-25-27-21/h2-7,9,11-14,20,28H,8,10H2,1H3,(H,25,27)(H,26,29). The van der Waals surface area contributed by atoms with E-state index >= 15 is 0 Å². The van der Waals surface area contributed by atoms with Crippen LogP contribution in [0.2, 0.25) is 0 Å². The molecular formula is C23H22N4O3. The second-order valence-electron chi connectivity index (χ2n) is 6.92. The first-order valence-corrected chi connectivity index (χ1v) is 9.63. The van der Waals surface area contributed by atoms with Gasteiger partial charge in [0, 0.05) is 18.2 Å². The van der Waals surface area contributed by atoms with E-state index in [2.05, 4.69) is 20.5 Å². The molecule has 1 amide bonds. The minimum absolute atomic E-state index is 0.0552. The highest BCUT2D eigenvalue weighted by molar-refractivity contribution is 5.94. The summed E-state index contributed by atoms with van der Waals surface area (Å²) >= 11 is 0. The summed E-state index contributed by atoms with van der Waals surface area (Å²) in [5.74, 6) is 0.391. The van der Waals surface area contributed by atoms with E-state index in [4.69, 9.17) is 4.74 Å². The van der Waals surface area contributed by atoms with Crippen LogP contribution in [-0.2, 0) is 0 Å². The van der Waals surface area contributed by atoms with E-state index in [0.717, 1.165) is 27.6 Å². The number of nitrogens with one attached hydrogen (secondary N) is 2. The van der Waals surface area contributed by atoms with Crippen LogP contribution in [0.5, 0.6) is 5.75 Å². The van der Waals surface area contributed by atoms with Gasteiger partial charge in [-0.25, -0.2) is 0 Å². The molecule has 3 N–H and O–H groups in total. The molecular weight excluding hydrogens is 380 g/mol. The molecule has 0 aliphatic rings. The molecule has 0 saturated carbocycles. The molecule has 152 valence electrons. The third-order valence-corrected chi connectivity index (χ3v) is 4.99. The molecule has 0 spiro atoms. The quantitative estimate of drug-likeness (QED) is 0.439. The lowest BCUT2D eigenvalue weighted by Crippen LogP contribution is -2.30. The van der Waals surface area contributed by atoms with E-state index in [1.807, 2.05) is 48.5 Å². The number of carbonyl (C=O) groups is 1. The Balaban J connectivity index is 1.58. The van der Waals surface area contributed by atoms with Crippen molar-refractivity contribution < 1.29 is 14.6 Å². The molecule has 4 aromatic rings. The smallest absolute Gasteiger partial charge is 0.270 e. The number of benzene rings is 2. The molecule has 2 heterocycles. The summed E-state index contributed by atoms with van der Waals surface area (Å²) < 4.78 is 5.27. The molecule has 0 radical (unpaired) electrons. The maximum atomic E-state index is 12.9. The first-order chi connectivity index (χ1) is 14.7. The van der Waals surface area contributed by atoms with Gasteiger partial charge in [0.2, 0.25) is 0 Å². The van der Waals surface area contributed by atoms with E-state index < -0.39 is 0 Å². The zero-order valence-corrected chi connectivity index (χ0v) is 16.5. The second-order valence-corrected chi connectivity index (χ2v) is 6.92. The van der Waals surface area contributed by atoms with Gasteiger partial charge in [-0.3, -0.25) is 14.9 Å². The SMILES string of the molecule is COc1cccc(C(CCO)NC(=O)c2cc(-c3ccc4[nH]ncc4c3)ccn2)c1. The van der Waals surface area contributed by atoms with Crippen LogP contribution in [0.1, 0.15) is 28.5 Å². The van der Waals surface area contributed by atoms with Crippen molar-refractivity contribution in [2.45, 2.75) is 12.5 Å². The van der Waals surface area contributed by atoms with Crippen LogP contribution < -0.4 is 10.1 Å². The maximum absolute atomic E-state index is 12.9. The molecule has 1 unspecified atom stereocenters. The number of fused-ring (bicyclic) bond motifs is 1. The molecule has 7 nitrogen and oxygen atoms in total. The molecule has 2 aromatic heterocycles. The maximum Gasteiger partial charge on any atom is 0.270 e. The van der Waals surface area contributed by atoms with E-state index in [9.17, 15) is 9.90 Å². The number of rotatable bonds is 7. The Morgan fingerprint density at radius 1 is 1.17 bits per heavy atom. The number of H-pyrrole nitrogens is 1. The molecule has 30 heavy (non-hydrogen) atoms. The molecule has 1 atom stereocenters. The number of carbonyl (C=O) groups excluding carboxylic acids is 1. The number of hydrogen-bond acceptors (Lipinski definition) is 5. The number of aromatic amines is 1. The Bertz CT molecular complexity index is 1170. The third-order valence-electron chi connectivity index (χ3n) is 4.99. The fraction of sp³-hybridized carbons (Fsp3) is 0.174. The number of methoxy groups -OCH3 is 1. The first-order valence-electron chi connectivity index (χ1n) is 9.63. The van der Waals surface area contributed by atoms with Crippen molar-refractivity contribution >= 4 is 16.8 Å². The summed E-state index contributed by atoms with van der Waals surface area (Å²) in [6.07, 6.45) is 3.77. The highest BCUT2D eigenvalue weighted by Gasteiger charge is 2.17. The number of ether oxygens (including phenoxy) is 1. The van der Waals surface area contributed by atoms with E-state index in [0.29, 0.717) is 17.9 Å². The number of amides is 1. The van der Waals surface area contributed by atoms with Gasteiger partial charge in [0.05, 0.1) is 24.9 Å². The number of aromatic nitrogens is 3. The van der Waals surface area contributed by atoms with Crippen LogP contribution in [-0.4, -0.2) is 39.9 Å². The van der Waals surface area contributed by atoms with Gasteiger partial charge < -0.3 is 15.2 Å². The number of hydrogen-bond donors (Lipinski definition) is 3. The Kier molecular flexibility index (Phi) is 5.72. The predicted molar refractivity (Wildman–Crippen MR) is 114 cm³/mol. The van der Waals surface area contributed by atoms with Gasteiger partial charge in [-0.15, -0.1) is 0 Å². The topological polar surface area (TPSA) is 100 Å². The summed E-state index contributed by atoms with van der Waals surface area (Å²) in [6, 6.07) is 16.7. The van der Waals surface area contributed by atoms with Crippen LogP contribution in [0.3, 0.4) is 0 Å². The summed E-state index contributed by atoms with van der Waals surface area (Å²) in [6.45, 7) is -0.0552. The van der Waals surface area contributed by atoms with Gasteiger partial charge in [-0.05, 0) is 59.5 Å². The number of nitrogens with zero attached hydrogens (tertiary/aromatic N) is 2. The fourth-order valence-corrected chi connectivity index (χ4v) is 3.40. The second kappa shape index (κ2) is 8.75. The van der Waals surface area contributed by atoms with Gasteiger partial charge >= 0.3 is 0 Å². The van der Waals surface area contributed by atoms with Crippen LogP contribution in [0, 0.1) is 0 Å². The summed E-state index contributed by atoms with van der Waals surface area (Å²) in [7, 11) is 1.59. The van der Waals surface area contributed by atoms with Crippen molar-refractivity contribution in [3.05, 3.63) is 78.2 Å². The van der Waals surface area contributed by atoms with Gasteiger partial charge in [0.15, 0.2) is 0 Å². The van der Waals surface area contributed by atoms with Gasteiger partial charge in [0.1, 0.15) is 11.4 Å². The summed E-state index contributed by atoms with van der Waals surface area (Å²) in [5.41, 5.74) is 3.98. The zero-order chi connectivity index (χ0) is 20.9. The van der Waals surface area contributed by atoms with Crippen LogP contribution in [0.15, 0.2) is 67.0 Å². The molecule has 2 aromatic carbocycles. The largest absolute Gasteiger partial charge is 0.497 e. The van der Waals surface area contributed by atoms with Gasteiger partial charge in [-0.2, -0.15) is 5.10 Å². The van der Waals surface area contributed by atoms with Gasteiger partial charge in [-0.1, -0.05) is 18.2 Å². The van der Waals surface area contributed by atoms with E-state index in [1.54, 1.807) is 25.6 Å². The molecule has 0 aliphatic heterocycles. The van der Waals surface area contributed by atoms with Crippen molar-refractivity contribution in [1.82, 2.24) is 20.5 Å². The fourth-order valence-electron chi connectivity index (χ4n) is 3.40. The summed E-state index contributed by atoms with van der Waals surface area (Å²) in [4.78, 5) is 17.2. The number of aliphatic hydroxyl groups excluding tert-OH is 1. The Morgan fingerprint density at radius 3 is 2.87 bits per heavy atom. The number of pyridine rings is 1. The lowest BCUT2D eigenvalue weighted by molar-refractivity contribution is 0.0925. The van der Waals surface area contributed by atoms with Crippen LogP contribution in [0.4, 0.5) is 0 Å². The average Bonchev–Trinajstić information content (AvgIpc) is 3.27. The number of aliphatic hydroxyl groups is 1. The highest BCUT2D eigenvalue weighted by atomic mass is 16.5. The van der Waals surface area contributed by atoms with Crippen molar-refractivity contribution in [2.75, 3.05) is 13.7 Å². The van der Waals surface area contributed by atoms with E-state index in [1.165, 1.54) is 0 Å². The summed E-state index contributed by atoms with van der Waals surface area (Å²) in [5, 5.41) is 20.4. The third kappa shape index (κ3) is 4.16. The Morgan fingerprint density at radius 2 is 2.03 bits per heavy atom. The molecule has 0 saturated heterocycles. The molecule has 0 fully saturated rings. The van der Waals surface area contributed by atoms with Crippen molar-refractivity contribution in [3.8, 4) is 16.9 Å². The molecule has 0 aliphatic carbocycles. The lowest BCUT2D eigenvalue weighted by Gasteiger charge is -2.19. The van der Waals surface area contributed by atoms with Crippen LogP contribution >= 0.6 is 0 Å². The minimum atomic E-state index is -0.356. The monoisotopic (exact) mass is 402 g/mol. The normalized spacial score (nSPS) is 11.9. The molecule has 4 rings (SSSR count). The predicted octanol–water partition coefficient (Wildman–Crippen LogP) is 3.49. The van der Waals surface area contributed by atoms with Crippen LogP contribution in [0.25, 0.3) is 22.0 Å². The van der Waals surface area contributed by atoms with E-state index in [-0.39, 0.29) is 18.6 Å². The molecule has 0 bridgehead atoms. The van der Waals surface area contributed by atoms with Gasteiger partial charge in [0.25, 0.3) is 5.91 Å². The lowest BCUT2D eigenvalue weighted by atomic mass is 10.0. The Hall–Kier alpha value is -3.71. The average molecular weight is 402 g/mol. The highest BCUT2D eigenvalue weighted by Crippen LogP contribution is 2.25. The zero-order valence-electron chi connectivity index (χ0n) is 16.5. The Labute approximate surface area is 173 Å². The van der Waals surface area contributed by atoms with Crippen molar-refractivity contribution in [2.24, 2.45) is 0 Å². The van der Waals surface area contributed by atoms with Crippen molar-refractivity contribution in [3.63, 3.8) is 0 Å².